The van der Waals surface area contributed by atoms with E-state index in [2.05, 4.69) is 22.9 Å². The molecule has 0 amide bonds. The molecule has 0 aliphatic carbocycles. The molecule has 5 N–H and O–H groups in total. The molecule has 4 aromatic carbocycles. The number of hydrogen-bond acceptors (Lipinski definition) is 29. The molecule has 0 spiro atoms. The van der Waals surface area contributed by atoms with Crippen LogP contribution < -0.4 is 19.9 Å². The van der Waals surface area contributed by atoms with Gasteiger partial charge in [0.15, 0.2) is 26.4 Å². The normalized spacial score (nSPS) is 10.5. The molecule has 0 saturated carbocycles. The summed E-state index contributed by atoms with van der Waals surface area (Å²) >= 11 is 0. The number of hydroxylamine groups is 2. The van der Waals surface area contributed by atoms with Crippen LogP contribution in [0.15, 0.2) is 123 Å². The highest BCUT2D eigenvalue weighted by Gasteiger charge is 2.39. The number of anilines is 4. The Labute approximate surface area is 507 Å². The Morgan fingerprint density at radius 2 is 0.622 bits per heavy atom. The van der Waals surface area contributed by atoms with E-state index in [0.29, 0.717) is 5.69 Å². The second kappa shape index (κ2) is 35.6. The van der Waals surface area contributed by atoms with E-state index in [1.54, 1.807) is 0 Å². The topological polar surface area (TPSA) is 447 Å². The highest BCUT2D eigenvalue weighted by molar-refractivity contribution is 5.94. The molecule has 480 valence electrons. The fourth-order valence-electron chi connectivity index (χ4n) is 6.96. The van der Waals surface area contributed by atoms with Crippen LogP contribution in [0, 0.1) is 5.41 Å². The van der Waals surface area contributed by atoms with Crippen molar-refractivity contribution in [1.82, 2.24) is 0 Å². The number of carboxylic acids is 5. The van der Waals surface area contributed by atoms with E-state index >= 15 is 0 Å². The van der Waals surface area contributed by atoms with Gasteiger partial charge in [0.2, 0.25) is 0 Å². The molecule has 34 heteroatoms. The zero-order valence-corrected chi connectivity index (χ0v) is 47.2. The lowest BCUT2D eigenvalue weighted by Gasteiger charge is -2.31. The van der Waals surface area contributed by atoms with Crippen molar-refractivity contribution in [2.75, 3.05) is 113 Å². The Bertz CT molecular complexity index is 3100. The van der Waals surface area contributed by atoms with Gasteiger partial charge >= 0.3 is 77.6 Å². The molecule has 34 nitrogen and oxygen atoms in total. The van der Waals surface area contributed by atoms with E-state index in [1.165, 1.54) is 72.6 Å². The molecule has 4 aromatic rings. The first kappa shape index (κ1) is 70.7. The average Bonchev–Trinajstić information content (AvgIpc) is 1.79. The number of benzene rings is 4. The molecule has 0 aliphatic heterocycles. The first-order valence-electron chi connectivity index (χ1n) is 25.5. The molecule has 0 saturated heterocycles. The summed E-state index contributed by atoms with van der Waals surface area (Å²) < 4.78 is 41.7. The largest absolute Gasteiger partial charge is 0.480 e. The van der Waals surface area contributed by atoms with Crippen molar-refractivity contribution in [3.63, 3.8) is 0 Å². The van der Waals surface area contributed by atoms with Crippen molar-refractivity contribution < 1.29 is 146 Å². The van der Waals surface area contributed by atoms with Gasteiger partial charge in [0.1, 0.15) is 77.1 Å². The minimum absolute atomic E-state index is 0.0749. The van der Waals surface area contributed by atoms with Gasteiger partial charge in [-0.1, -0.05) is 23.1 Å². The molecular formula is C56H56N4O30. The second-order valence-electron chi connectivity index (χ2n) is 18.1. The lowest BCUT2D eigenvalue weighted by Crippen LogP contribution is -2.45. The van der Waals surface area contributed by atoms with Crippen LogP contribution in [0.2, 0.25) is 0 Å². The molecule has 90 heavy (non-hydrogen) atoms. The van der Waals surface area contributed by atoms with Crippen LogP contribution in [0.1, 0.15) is 41.4 Å². The van der Waals surface area contributed by atoms with Gasteiger partial charge in [0, 0.05) is 18.4 Å². The first-order chi connectivity index (χ1) is 42.8. The van der Waals surface area contributed by atoms with Crippen LogP contribution in [0.3, 0.4) is 0 Å². The second-order valence-corrected chi connectivity index (χ2v) is 18.1. The van der Waals surface area contributed by atoms with E-state index in [0.717, 1.165) is 63.9 Å². The van der Waals surface area contributed by atoms with Crippen molar-refractivity contribution in [2.45, 2.75) is 0 Å². The maximum atomic E-state index is 13.3. The van der Waals surface area contributed by atoms with E-state index in [1.807, 2.05) is 0 Å². The number of rotatable bonds is 40. The number of nitrogens with zero attached hydrogens (tertiary/aromatic N) is 4. The van der Waals surface area contributed by atoms with Gasteiger partial charge < -0.3 is 83.0 Å². The van der Waals surface area contributed by atoms with E-state index in [-0.39, 0.29) is 45.9 Å². The number of ether oxygens (including phenoxy) is 8. The van der Waals surface area contributed by atoms with Gasteiger partial charge in [-0.15, -0.1) is 0 Å². The predicted octanol–water partition coefficient (Wildman–Crippen LogP) is 1.87. The minimum atomic E-state index is -2.23. The van der Waals surface area contributed by atoms with Crippen molar-refractivity contribution in [3.8, 4) is 0 Å². The summed E-state index contributed by atoms with van der Waals surface area (Å²) in [5.41, 5.74) is -2.29. The third-order valence-electron chi connectivity index (χ3n) is 11.2. The molecule has 0 bridgehead atoms. The lowest BCUT2D eigenvalue weighted by atomic mass is 9.92. The summed E-state index contributed by atoms with van der Waals surface area (Å²) in [5, 5.41) is 47.6. The Morgan fingerprint density at radius 3 is 0.878 bits per heavy atom. The highest BCUT2D eigenvalue weighted by atomic mass is 17.3. The van der Waals surface area contributed by atoms with Crippen molar-refractivity contribution >= 4 is 100 Å². The van der Waals surface area contributed by atoms with E-state index in [9.17, 15) is 82.8 Å². The van der Waals surface area contributed by atoms with Crippen molar-refractivity contribution in [2.24, 2.45) is 5.41 Å². The molecule has 0 aromatic heterocycles. The van der Waals surface area contributed by atoms with Crippen LogP contribution in [-0.4, -0.2) is 196 Å². The highest BCUT2D eigenvalue weighted by Crippen LogP contribution is 2.24. The average molecular weight is 1270 g/mol. The Kier molecular flexibility index (Phi) is 28.0. The van der Waals surface area contributed by atoms with Crippen LogP contribution in [0.5, 0.6) is 0 Å². The molecule has 0 unspecified atom stereocenters. The number of carbonyl (C=O) groups is 13. The zero-order valence-electron chi connectivity index (χ0n) is 47.2. The number of hydrogen-bond donors (Lipinski definition) is 5. The van der Waals surface area contributed by atoms with Gasteiger partial charge in [-0.3, -0.25) is 24.0 Å². The monoisotopic (exact) mass is 1260 g/mol. The number of esters is 8. The van der Waals surface area contributed by atoms with Crippen LogP contribution in [-0.2, 0) is 101 Å². The maximum absolute atomic E-state index is 13.3. The summed E-state index contributed by atoms with van der Waals surface area (Å²) in [6.45, 7) is -5.57. The van der Waals surface area contributed by atoms with Crippen LogP contribution >= 0.6 is 0 Å². The summed E-state index contributed by atoms with van der Waals surface area (Å²) in [4.78, 5) is 183. The van der Waals surface area contributed by atoms with Gasteiger partial charge in [0.05, 0.1) is 33.6 Å². The SMILES string of the molecule is C=COON(CC(=O)O)c1ccc(C(=O)OCC(=O)OCC(COC(=O)COC(=O)c2ccc(N(C)CC(=O)O)cc2)(COC(=O)COC(=O)c2ccc(N(CC(=O)O)CC(=O)O)cc2)COC(=O)COC(=O)c2ccc(N(CC(=O)O)OOC=C)cc2)cc1. The van der Waals surface area contributed by atoms with E-state index in [4.69, 9.17) is 53.0 Å². The molecule has 0 radical (unpaired) electrons. The van der Waals surface area contributed by atoms with E-state index < -0.39 is 162 Å². The summed E-state index contributed by atoms with van der Waals surface area (Å²) in [5.74, 6) is -16.4. The van der Waals surface area contributed by atoms with Gasteiger partial charge in [0.25, 0.3) is 0 Å². The van der Waals surface area contributed by atoms with Crippen molar-refractivity contribution in [3.05, 3.63) is 145 Å². The smallest absolute Gasteiger partial charge is 0.344 e. The molecule has 0 atom stereocenters. The van der Waals surface area contributed by atoms with Gasteiger partial charge in [-0.2, -0.15) is 0 Å². The third-order valence-corrected chi connectivity index (χ3v) is 11.2. The maximum Gasteiger partial charge on any atom is 0.344 e. The summed E-state index contributed by atoms with van der Waals surface area (Å²) in [6, 6.07) is 19.5. The number of carbonyl (C=O) groups excluding carboxylic acids is 8. The lowest BCUT2D eigenvalue weighted by molar-refractivity contribution is -0.259. The Morgan fingerprint density at radius 1 is 0.367 bits per heavy atom. The van der Waals surface area contributed by atoms with Gasteiger partial charge in [-0.25, -0.2) is 48.5 Å². The number of carboxylic acid groups (broad SMARTS) is 5. The fraction of sp³-hybridized carbons (Fsp3) is 0.268. The van der Waals surface area contributed by atoms with Crippen LogP contribution in [0.4, 0.5) is 22.7 Å². The fourth-order valence-corrected chi connectivity index (χ4v) is 6.96. The quantitative estimate of drug-likeness (QED) is 0.0139. The Balaban J connectivity index is 1.58. The number of likely N-dealkylation sites (N-methyl/N-ethyl adjacent to an activating group) is 1. The first-order valence-corrected chi connectivity index (χ1v) is 25.5. The van der Waals surface area contributed by atoms with Gasteiger partial charge in [-0.05, 0) is 97.1 Å². The zero-order chi connectivity index (χ0) is 66.3. The molecule has 4 rings (SSSR count). The molecule has 0 heterocycles. The summed E-state index contributed by atoms with van der Waals surface area (Å²) in [7, 11) is 1.48. The number of aliphatic carboxylic acids is 5. The predicted molar refractivity (Wildman–Crippen MR) is 296 cm³/mol. The van der Waals surface area contributed by atoms with Crippen molar-refractivity contribution in [1.29, 1.82) is 0 Å². The Hall–Kier alpha value is -11.8. The molecular weight excluding hydrogens is 1210 g/mol. The molecule has 0 fully saturated rings. The standard InChI is InChI=1S/C56H56N4O30/c1-4-87-89-59(25-46(67)68)41-18-10-37(11-19-41)54(77)81-29-50(73)85-33-56(31-83-48(71)27-79-52(75)35-6-14-39(15-7-35)57(3)22-43(61)62,32-84-49(72)28-80-53(76)36-8-16-40(17-9-36)58(23-44(63)64)24-45(65)66)34-86-51(74)30-82-55(78)38-12-20-42(21-13-38)60(26-47(69)70)90-88-5-2/h4-21H,1-2,22-34H2,3H3,(H,61,62)(H,63,64)(H,65,66)(H,67,68)(H,69,70). The summed E-state index contributed by atoms with van der Waals surface area (Å²) in [6.07, 6.45) is 1.72. The molecule has 0 aliphatic rings. The van der Waals surface area contributed by atoms with Crippen LogP contribution in [0.25, 0.3) is 0 Å². The minimum Gasteiger partial charge on any atom is -0.480 e. The third kappa shape index (κ3) is 24.7.